The molecule has 4 aliphatic rings. The Bertz CT molecular complexity index is 829. The van der Waals surface area contributed by atoms with Gasteiger partial charge in [-0.2, -0.15) is 0 Å². The van der Waals surface area contributed by atoms with Crippen LogP contribution in [0.2, 0.25) is 0 Å². The van der Waals surface area contributed by atoms with E-state index in [0.29, 0.717) is 12.0 Å². The van der Waals surface area contributed by atoms with Gasteiger partial charge in [-0.3, -0.25) is 4.79 Å². The lowest BCUT2D eigenvalue weighted by molar-refractivity contribution is -0.223. The van der Waals surface area contributed by atoms with Crippen LogP contribution in [0.25, 0.3) is 0 Å². The second-order valence-electron chi connectivity index (χ2n) is 11.0. The first-order valence-corrected chi connectivity index (χ1v) is 11.4. The summed E-state index contributed by atoms with van der Waals surface area (Å²) in [6.45, 7) is 9.81. The molecule has 0 aromatic heterocycles. The molecule has 0 aromatic rings. The van der Waals surface area contributed by atoms with Crippen molar-refractivity contribution in [2.75, 3.05) is 0 Å². The van der Waals surface area contributed by atoms with Crippen molar-refractivity contribution in [3.8, 4) is 0 Å². The van der Waals surface area contributed by atoms with E-state index in [1.165, 1.54) is 0 Å². The van der Waals surface area contributed by atoms with Crippen molar-refractivity contribution in [2.45, 2.75) is 85.4 Å². The van der Waals surface area contributed by atoms with Gasteiger partial charge in [0.15, 0.2) is 0 Å². The van der Waals surface area contributed by atoms with Gasteiger partial charge in [0.25, 0.3) is 0 Å². The Morgan fingerprint density at radius 2 is 1.70 bits per heavy atom. The Hall–Kier alpha value is -1.62. The van der Waals surface area contributed by atoms with Crippen molar-refractivity contribution >= 4 is 11.9 Å². The van der Waals surface area contributed by atoms with Crippen molar-refractivity contribution in [3.63, 3.8) is 0 Å². The molecule has 8 atom stereocenters. The molecular weight excluding hydrogens is 380 g/mol. The third-order valence-corrected chi connectivity index (χ3v) is 9.75. The number of ether oxygens (including phenoxy) is 1. The van der Waals surface area contributed by atoms with E-state index in [-0.39, 0.29) is 40.2 Å². The molecule has 30 heavy (non-hydrogen) atoms. The third kappa shape index (κ3) is 2.57. The Morgan fingerprint density at radius 3 is 2.33 bits per heavy atom. The fraction of sp³-hybridized carbons (Fsp3) is 0.760. The number of carbonyl (C=O) groups is 2. The molecular formula is C25H36O5. The number of aliphatic hydroxyl groups is 1. The number of carboxylic acid groups (broad SMARTS) is 1. The highest BCUT2D eigenvalue weighted by molar-refractivity contribution is 5.88. The Morgan fingerprint density at radius 1 is 1.03 bits per heavy atom. The minimum atomic E-state index is -1.13. The highest BCUT2D eigenvalue weighted by atomic mass is 16.5. The monoisotopic (exact) mass is 416 g/mol. The van der Waals surface area contributed by atoms with Crippen LogP contribution in [0.4, 0.5) is 0 Å². The van der Waals surface area contributed by atoms with Crippen LogP contribution in [0.5, 0.6) is 0 Å². The molecule has 4 aliphatic carbocycles. The van der Waals surface area contributed by atoms with E-state index < -0.39 is 17.5 Å². The number of carbonyl (C=O) groups excluding carboxylic acids is 1. The predicted molar refractivity (Wildman–Crippen MR) is 114 cm³/mol. The lowest BCUT2D eigenvalue weighted by atomic mass is 9.39. The molecule has 166 valence electrons. The summed E-state index contributed by atoms with van der Waals surface area (Å²) in [5, 5.41) is 20.8. The topological polar surface area (TPSA) is 83.8 Å². The van der Waals surface area contributed by atoms with Crippen LogP contribution in [-0.2, 0) is 14.3 Å². The number of rotatable bonds is 3. The maximum atomic E-state index is 12.7. The summed E-state index contributed by atoms with van der Waals surface area (Å²) in [5.74, 6) is -0.991. The quantitative estimate of drug-likeness (QED) is 0.402. The molecule has 3 fully saturated rings. The van der Waals surface area contributed by atoms with Crippen LogP contribution in [0.3, 0.4) is 0 Å². The zero-order chi connectivity index (χ0) is 22.1. The second-order valence-corrected chi connectivity index (χ2v) is 11.0. The summed E-state index contributed by atoms with van der Waals surface area (Å²) in [7, 11) is 0. The summed E-state index contributed by atoms with van der Waals surface area (Å²) >= 11 is 0. The number of fused-ring (bicyclic) bond motifs is 3. The van der Waals surface area contributed by atoms with Crippen LogP contribution in [0.1, 0.15) is 73.1 Å². The molecule has 8 unspecified atom stereocenters. The van der Waals surface area contributed by atoms with E-state index >= 15 is 0 Å². The third-order valence-electron chi connectivity index (χ3n) is 9.75. The van der Waals surface area contributed by atoms with Crippen LogP contribution in [-0.4, -0.2) is 34.4 Å². The summed E-state index contributed by atoms with van der Waals surface area (Å²) in [4.78, 5) is 25.1. The number of aliphatic hydroxyl groups excluding tert-OH is 1. The first-order chi connectivity index (χ1) is 14.0. The van der Waals surface area contributed by atoms with Crippen molar-refractivity contribution in [1.29, 1.82) is 0 Å². The molecule has 4 rings (SSSR count). The largest absolute Gasteiger partial charge is 0.481 e. The van der Waals surface area contributed by atoms with Crippen molar-refractivity contribution in [2.24, 2.45) is 33.5 Å². The van der Waals surface area contributed by atoms with Gasteiger partial charge in [-0.1, -0.05) is 32.1 Å². The van der Waals surface area contributed by atoms with Crippen molar-refractivity contribution in [3.05, 3.63) is 23.8 Å². The Balaban J connectivity index is 1.75. The van der Waals surface area contributed by atoms with Gasteiger partial charge >= 0.3 is 11.9 Å². The zero-order valence-corrected chi connectivity index (χ0v) is 18.9. The van der Waals surface area contributed by atoms with Crippen molar-refractivity contribution in [1.82, 2.24) is 0 Å². The number of carboxylic acids is 1. The van der Waals surface area contributed by atoms with Gasteiger partial charge in [0.2, 0.25) is 0 Å². The molecule has 2 bridgehead atoms. The number of hydrogen-bond acceptors (Lipinski definition) is 4. The van der Waals surface area contributed by atoms with Crippen LogP contribution >= 0.6 is 0 Å². The molecule has 0 heterocycles. The number of allylic oxidation sites excluding steroid dienone is 1. The van der Waals surface area contributed by atoms with Crippen molar-refractivity contribution < 1.29 is 24.5 Å². The highest BCUT2D eigenvalue weighted by Gasteiger charge is 2.70. The first-order valence-electron chi connectivity index (χ1n) is 11.4. The normalized spacial score (nSPS) is 49.9. The van der Waals surface area contributed by atoms with Gasteiger partial charge in [0.1, 0.15) is 6.10 Å². The molecule has 0 saturated heterocycles. The molecule has 3 saturated carbocycles. The highest BCUT2D eigenvalue weighted by Crippen LogP contribution is 2.72. The maximum Gasteiger partial charge on any atom is 0.333 e. The summed E-state index contributed by atoms with van der Waals surface area (Å²) in [6.07, 6.45) is 10.1. The average Bonchev–Trinajstić information content (AvgIpc) is 2.85. The molecule has 5 nitrogen and oxygen atoms in total. The van der Waals surface area contributed by atoms with Crippen LogP contribution < -0.4 is 0 Å². The smallest absolute Gasteiger partial charge is 0.333 e. The second kappa shape index (κ2) is 6.69. The van der Waals surface area contributed by atoms with Gasteiger partial charge in [-0.05, 0) is 76.5 Å². The fourth-order valence-corrected chi connectivity index (χ4v) is 7.84. The standard InChI is InChI=1S/C25H36O5/c1-6-15(2)19(27)30-20-22(3)10-7-17-23(4)11-9-18(26)24(5,21(28)29)16(23)8-12-25(17,20)14-13-22/h6,13-14,16-18,20,26H,7-12H2,1-5H3,(H,28,29). The van der Waals surface area contributed by atoms with Gasteiger partial charge < -0.3 is 14.9 Å². The van der Waals surface area contributed by atoms with Gasteiger partial charge in [-0.25, -0.2) is 4.79 Å². The first kappa shape index (κ1) is 21.6. The van der Waals surface area contributed by atoms with E-state index in [9.17, 15) is 19.8 Å². The van der Waals surface area contributed by atoms with Gasteiger partial charge in [0, 0.05) is 16.4 Å². The average molecular weight is 417 g/mol. The zero-order valence-electron chi connectivity index (χ0n) is 18.9. The van der Waals surface area contributed by atoms with E-state index in [1.807, 2.05) is 6.92 Å². The maximum absolute atomic E-state index is 12.7. The van der Waals surface area contributed by atoms with E-state index in [2.05, 4.69) is 26.0 Å². The number of aliphatic carboxylic acids is 1. The summed E-state index contributed by atoms with van der Waals surface area (Å²) < 4.78 is 6.20. The molecule has 0 aliphatic heterocycles. The van der Waals surface area contributed by atoms with Gasteiger partial charge in [0.05, 0.1) is 11.5 Å². The molecule has 1 spiro atoms. The lowest BCUT2D eigenvalue weighted by Crippen LogP contribution is -2.65. The predicted octanol–water partition coefficient (Wildman–Crippen LogP) is 4.50. The van der Waals surface area contributed by atoms with Gasteiger partial charge in [-0.15, -0.1) is 0 Å². The molecule has 5 heteroatoms. The fourth-order valence-electron chi connectivity index (χ4n) is 7.84. The minimum Gasteiger partial charge on any atom is -0.481 e. The molecule has 0 aromatic carbocycles. The molecule has 0 radical (unpaired) electrons. The number of hydrogen-bond donors (Lipinski definition) is 2. The summed E-state index contributed by atoms with van der Waals surface area (Å²) in [6, 6.07) is 0. The Labute approximate surface area is 179 Å². The Kier molecular flexibility index (Phi) is 4.82. The van der Waals surface area contributed by atoms with E-state index in [4.69, 9.17) is 4.74 Å². The summed E-state index contributed by atoms with van der Waals surface area (Å²) in [5.41, 5.74) is -1.14. The van der Waals surface area contributed by atoms with Crippen LogP contribution in [0, 0.1) is 33.5 Å². The molecule has 0 amide bonds. The SMILES string of the molecule is CC=C(C)C(=O)OC1C2(C)C=CC13CCC1C(C)(CCC(O)C1(C)C(=O)O)C3CC2. The lowest BCUT2D eigenvalue weighted by Gasteiger charge is -2.65. The van der Waals surface area contributed by atoms with E-state index in [0.717, 1.165) is 32.1 Å². The van der Waals surface area contributed by atoms with E-state index in [1.54, 1.807) is 19.9 Å². The minimum absolute atomic E-state index is 0.0890. The molecule has 2 N–H and O–H groups in total. The van der Waals surface area contributed by atoms with Crippen LogP contribution in [0.15, 0.2) is 23.8 Å². The number of esters is 1.